The van der Waals surface area contributed by atoms with Gasteiger partial charge in [-0.3, -0.25) is 4.79 Å². The molecule has 2 aromatic rings. The molecule has 1 amide bonds. The number of benzene rings is 2. The Morgan fingerprint density at radius 2 is 1.80 bits per heavy atom. The number of oxime groups is 1. The van der Waals surface area contributed by atoms with E-state index in [0.717, 1.165) is 42.3 Å². The summed E-state index contributed by atoms with van der Waals surface area (Å²) in [6.45, 7) is 7.86. The van der Waals surface area contributed by atoms with E-state index in [-0.39, 0.29) is 12.5 Å². The molecule has 0 saturated heterocycles. The molecule has 6 heteroatoms. The molecule has 0 bridgehead atoms. The molecule has 0 aromatic heterocycles. The van der Waals surface area contributed by atoms with E-state index in [1.807, 2.05) is 54.6 Å². The van der Waals surface area contributed by atoms with Gasteiger partial charge in [0.2, 0.25) is 0 Å². The standard InChI is InChI=1S/C29H40N2O4/c1-4-23-13-12-22(3)20-28(23)33-18-9-19-35-31-27(5-2)24-14-16-26(17-15-24)34-21-29(32)30-25-10-7-6-8-11-25/h6-8,10-11,14-17,22-23,28H,4-5,9,12-13,18-21H2,1-3H3,(H,30,32)/b31-27-. The van der Waals surface area contributed by atoms with E-state index in [0.29, 0.717) is 24.4 Å². The number of nitrogens with one attached hydrogen (secondary N) is 1. The Balaban J connectivity index is 1.38. The van der Waals surface area contributed by atoms with E-state index >= 15 is 0 Å². The molecule has 3 atom stereocenters. The first kappa shape index (κ1) is 26.7. The molecule has 190 valence electrons. The second kappa shape index (κ2) is 14.5. The van der Waals surface area contributed by atoms with Crippen LogP contribution in [0.2, 0.25) is 0 Å². The summed E-state index contributed by atoms with van der Waals surface area (Å²) in [5, 5.41) is 7.15. The van der Waals surface area contributed by atoms with Crippen LogP contribution in [0.15, 0.2) is 59.8 Å². The lowest BCUT2D eigenvalue weighted by Gasteiger charge is -2.34. The molecule has 3 rings (SSSR count). The second-order valence-corrected chi connectivity index (χ2v) is 9.30. The molecule has 0 heterocycles. The Kier molecular flexibility index (Phi) is 11.1. The lowest BCUT2D eigenvalue weighted by Crippen LogP contribution is -2.31. The fraction of sp³-hybridized carbons (Fsp3) is 0.517. The predicted octanol–water partition coefficient (Wildman–Crippen LogP) is 6.46. The van der Waals surface area contributed by atoms with Gasteiger partial charge in [0.15, 0.2) is 6.61 Å². The van der Waals surface area contributed by atoms with Crippen LogP contribution in [-0.4, -0.2) is 37.5 Å². The highest BCUT2D eigenvalue weighted by atomic mass is 16.6. The first-order valence-corrected chi connectivity index (χ1v) is 13.0. The minimum absolute atomic E-state index is 0.0487. The van der Waals surface area contributed by atoms with Gasteiger partial charge in [-0.2, -0.15) is 0 Å². The van der Waals surface area contributed by atoms with Crippen LogP contribution in [0.3, 0.4) is 0 Å². The fourth-order valence-electron chi connectivity index (χ4n) is 4.48. The summed E-state index contributed by atoms with van der Waals surface area (Å²) in [7, 11) is 0. The van der Waals surface area contributed by atoms with Crippen molar-refractivity contribution in [3.8, 4) is 5.75 Å². The third-order valence-electron chi connectivity index (χ3n) is 6.55. The van der Waals surface area contributed by atoms with Gasteiger partial charge in [0.1, 0.15) is 12.4 Å². The maximum Gasteiger partial charge on any atom is 0.262 e. The van der Waals surface area contributed by atoms with E-state index in [2.05, 4.69) is 31.2 Å². The Hall–Kier alpha value is -2.86. The predicted molar refractivity (Wildman–Crippen MR) is 141 cm³/mol. The van der Waals surface area contributed by atoms with Gasteiger partial charge in [-0.15, -0.1) is 0 Å². The molecular weight excluding hydrogens is 440 g/mol. The summed E-state index contributed by atoms with van der Waals surface area (Å²) in [5.74, 6) is 1.89. The number of hydrogen-bond acceptors (Lipinski definition) is 5. The number of carbonyl (C=O) groups excluding carboxylic acids is 1. The quantitative estimate of drug-likeness (QED) is 0.203. The molecule has 1 N–H and O–H groups in total. The molecule has 1 fully saturated rings. The van der Waals surface area contributed by atoms with Crippen molar-refractivity contribution in [2.24, 2.45) is 17.0 Å². The number of ether oxygens (including phenoxy) is 2. The van der Waals surface area contributed by atoms with Crippen molar-refractivity contribution in [2.45, 2.75) is 65.4 Å². The van der Waals surface area contributed by atoms with Crippen LogP contribution in [0.1, 0.15) is 64.9 Å². The van der Waals surface area contributed by atoms with E-state index < -0.39 is 0 Å². The normalized spacial score (nSPS) is 20.3. The number of amides is 1. The van der Waals surface area contributed by atoms with Gasteiger partial charge in [-0.1, -0.05) is 57.0 Å². The highest BCUT2D eigenvalue weighted by Crippen LogP contribution is 2.32. The van der Waals surface area contributed by atoms with Gasteiger partial charge in [-0.05, 0) is 73.1 Å². The summed E-state index contributed by atoms with van der Waals surface area (Å²) in [5.41, 5.74) is 2.61. The van der Waals surface area contributed by atoms with Gasteiger partial charge in [0.25, 0.3) is 5.91 Å². The molecule has 2 aromatic carbocycles. The van der Waals surface area contributed by atoms with Crippen molar-refractivity contribution in [1.29, 1.82) is 0 Å². The third kappa shape index (κ3) is 9.02. The van der Waals surface area contributed by atoms with Gasteiger partial charge in [-0.25, -0.2) is 0 Å². The van der Waals surface area contributed by atoms with Crippen molar-refractivity contribution in [1.82, 2.24) is 0 Å². The van der Waals surface area contributed by atoms with E-state index in [9.17, 15) is 4.79 Å². The smallest absolute Gasteiger partial charge is 0.262 e. The summed E-state index contributed by atoms with van der Waals surface area (Å²) in [6, 6.07) is 16.9. The third-order valence-corrected chi connectivity index (χ3v) is 6.55. The Labute approximate surface area is 210 Å². The molecule has 3 unspecified atom stereocenters. The highest BCUT2D eigenvalue weighted by molar-refractivity contribution is 6.00. The van der Waals surface area contributed by atoms with Crippen LogP contribution in [0.4, 0.5) is 5.69 Å². The molecular formula is C29H40N2O4. The first-order chi connectivity index (χ1) is 17.1. The zero-order chi connectivity index (χ0) is 24.9. The average Bonchev–Trinajstić information content (AvgIpc) is 2.88. The number of hydrogen-bond donors (Lipinski definition) is 1. The minimum atomic E-state index is -0.198. The molecule has 1 aliphatic rings. The molecule has 0 spiro atoms. The Morgan fingerprint density at radius 3 is 2.51 bits per heavy atom. The van der Waals surface area contributed by atoms with Gasteiger partial charge >= 0.3 is 0 Å². The lowest BCUT2D eigenvalue weighted by molar-refractivity contribution is -0.118. The largest absolute Gasteiger partial charge is 0.484 e. The zero-order valence-corrected chi connectivity index (χ0v) is 21.4. The molecule has 35 heavy (non-hydrogen) atoms. The van der Waals surface area contributed by atoms with Gasteiger partial charge in [0, 0.05) is 12.1 Å². The second-order valence-electron chi connectivity index (χ2n) is 9.30. The SMILES string of the molecule is CC/C(=N/OCCCOC1CC(C)CCC1CC)c1ccc(OCC(=O)Nc2ccccc2)cc1. The van der Waals surface area contributed by atoms with Crippen molar-refractivity contribution in [3.05, 3.63) is 60.2 Å². The Bertz CT molecular complexity index is 914. The van der Waals surface area contributed by atoms with E-state index in [1.165, 1.54) is 25.7 Å². The molecule has 6 nitrogen and oxygen atoms in total. The monoisotopic (exact) mass is 480 g/mol. The summed E-state index contributed by atoms with van der Waals surface area (Å²) in [6.07, 6.45) is 6.97. The van der Waals surface area contributed by atoms with Crippen molar-refractivity contribution in [3.63, 3.8) is 0 Å². The molecule has 1 aliphatic carbocycles. The number of rotatable bonds is 13. The molecule has 1 saturated carbocycles. The number of nitrogens with zero attached hydrogens (tertiary/aromatic N) is 1. The van der Waals surface area contributed by atoms with Crippen LogP contribution >= 0.6 is 0 Å². The van der Waals surface area contributed by atoms with Crippen LogP contribution in [-0.2, 0) is 14.4 Å². The zero-order valence-electron chi connectivity index (χ0n) is 21.4. The number of anilines is 1. The average molecular weight is 481 g/mol. The van der Waals surface area contributed by atoms with Crippen molar-refractivity contribution >= 4 is 17.3 Å². The topological polar surface area (TPSA) is 69.1 Å². The van der Waals surface area contributed by atoms with E-state index in [4.69, 9.17) is 14.3 Å². The number of carbonyl (C=O) groups is 1. The van der Waals surface area contributed by atoms with Gasteiger partial charge < -0.3 is 19.6 Å². The maximum absolute atomic E-state index is 12.1. The summed E-state index contributed by atoms with van der Waals surface area (Å²) in [4.78, 5) is 17.6. The van der Waals surface area contributed by atoms with Crippen molar-refractivity contribution in [2.75, 3.05) is 25.1 Å². The lowest BCUT2D eigenvalue weighted by atomic mass is 9.79. The van der Waals surface area contributed by atoms with Crippen molar-refractivity contribution < 1.29 is 19.1 Å². The van der Waals surface area contributed by atoms with Crippen LogP contribution in [0.25, 0.3) is 0 Å². The maximum atomic E-state index is 12.1. The van der Waals surface area contributed by atoms with Gasteiger partial charge in [0.05, 0.1) is 18.4 Å². The molecule has 0 aliphatic heterocycles. The van der Waals surface area contributed by atoms with Crippen LogP contribution in [0.5, 0.6) is 5.75 Å². The van der Waals surface area contributed by atoms with E-state index in [1.54, 1.807) is 0 Å². The van der Waals surface area contributed by atoms with Crippen LogP contribution in [0, 0.1) is 11.8 Å². The minimum Gasteiger partial charge on any atom is -0.484 e. The number of para-hydroxylation sites is 1. The first-order valence-electron chi connectivity index (χ1n) is 13.0. The summed E-state index contributed by atoms with van der Waals surface area (Å²) < 4.78 is 11.8. The molecule has 0 radical (unpaired) electrons. The summed E-state index contributed by atoms with van der Waals surface area (Å²) >= 11 is 0. The highest BCUT2D eigenvalue weighted by Gasteiger charge is 2.27. The Morgan fingerprint density at radius 1 is 1.03 bits per heavy atom. The van der Waals surface area contributed by atoms with Crippen LogP contribution < -0.4 is 10.1 Å². The fourth-order valence-corrected chi connectivity index (χ4v) is 4.48.